The van der Waals surface area contributed by atoms with Gasteiger partial charge in [-0.1, -0.05) is 65.3 Å². The van der Waals surface area contributed by atoms with Gasteiger partial charge in [0.2, 0.25) is 5.82 Å². The Kier molecular flexibility index (Phi) is 5.57. The van der Waals surface area contributed by atoms with Gasteiger partial charge in [-0.25, -0.2) is 0 Å². The van der Waals surface area contributed by atoms with Crippen LogP contribution >= 0.6 is 0 Å². The van der Waals surface area contributed by atoms with Crippen LogP contribution in [0.4, 0.5) is 5.69 Å². The standard InChI is InChI=1S/C24H21N3O3/c1-17-12-14-18(15-13-17)23-25-24(30-26-23)20-10-6-7-11-21(20)29-16-22(28)27(2)19-8-4-3-5-9-19/h3-15H,16H2,1-2H3. The highest BCUT2D eigenvalue weighted by Crippen LogP contribution is 2.30. The van der Waals surface area contributed by atoms with Gasteiger partial charge in [-0.15, -0.1) is 0 Å². The van der Waals surface area contributed by atoms with Crippen LogP contribution in [0.1, 0.15) is 5.56 Å². The highest BCUT2D eigenvalue weighted by molar-refractivity contribution is 5.93. The Morgan fingerprint density at radius 3 is 2.43 bits per heavy atom. The molecule has 0 aliphatic carbocycles. The van der Waals surface area contributed by atoms with E-state index in [0.29, 0.717) is 23.0 Å². The van der Waals surface area contributed by atoms with Gasteiger partial charge in [-0.05, 0) is 31.2 Å². The summed E-state index contributed by atoms with van der Waals surface area (Å²) >= 11 is 0. The lowest BCUT2D eigenvalue weighted by Crippen LogP contribution is -2.31. The van der Waals surface area contributed by atoms with Crippen molar-refractivity contribution in [3.8, 4) is 28.6 Å². The molecule has 0 N–H and O–H groups in total. The number of ether oxygens (including phenoxy) is 1. The first-order chi connectivity index (χ1) is 14.6. The molecule has 0 radical (unpaired) electrons. The number of likely N-dealkylation sites (N-methyl/N-ethyl adjacent to an activating group) is 1. The number of hydrogen-bond donors (Lipinski definition) is 0. The fourth-order valence-electron chi connectivity index (χ4n) is 2.95. The van der Waals surface area contributed by atoms with Crippen LogP contribution in [0.3, 0.4) is 0 Å². The number of benzene rings is 3. The summed E-state index contributed by atoms with van der Waals surface area (Å²) in [7, 11) is 1.72. The molecule has 0 bridgehead atoms. The SMILES string of the molecule is Cc1ccc(-c2noc(-c3ccccc3OCC(=O)N(C)c3ccccc3)n2)cc1. The van der Waals surface area contributed by atoms with Gasteiger partial charge in [-0.2, -0.15) is 4.98 Å². The van der Waals surface area contributed by atoms with Gasteiger partial charge in [0.25, 0.3) is 11.8 Å². The number of amides is 1. The molecule has 4 aromatic rings. The fraction of sp³-hybridized carbons (Fsp3) is 0.125. The number of anilines is 1. The number of carbonyl (C=O) groups is 1. The highest BCUT2D eigenvalue weighted by Gasteiger charge is 2.17. The van der Waals surface area contributed by atoms with Crippen LogP contribution in [0.2, 0.25) is 0 Å². The zero-order valence-electron chi connectivity index (χ0n) is 16.8. The Morgan fingerprint density at radius 1 is 0.967 bits per heavy atom. The van der Waals surface area contributed by atoms with E-state index in [0.717, 1.165) is 16.8 Å². The normalized spacial score (nSPS) is 10.6. The van der Waals surface area contributed by atoms with Gasteiger partial charge in [0, 0.05) is 18.3 Å². The number of nitrogens with zero attached hydrogens (tertiary/aromatic N) is 3. The molecule has 0 aliphatic rings. The van der Waals surface area contributed by atoms with E-state index < -0.39 is 0 Å². The van der Waals surface area contributed by atoms with Crippen LogP contribution in [-0.4, -0.2) is 29.7 Å². The van der Waals surface area contributed by atoms with E-state index in [1.165, 1.54) is 0 Å². The number of carbonyl (C=O) groups excluding carboxylic acids is 1. The van der Waals surface area contributed by atoms with E-state index in [-0.39, 0.29) is 12.5 Å². The molecular formula is C24H21N3O3. The smallest absolute Gasteiger partial charge is 0.264 e. The quantitative estimate of drug-likeness (QED) is 0.468. The first-order valence-corrected chi connectivity index (χ1v) is 9.56. The molecule has 6 heteroatoms. The third kappa shape index (κ3) is 4.22. The Bertz CT molecular complexity index is 1140. The van der Waals surface area contributed by atoms with E-state index in [9.17, 15) is 4.79 Å². The van der Waals surface area contributed by atoms with Crippen molar-refractivity contribution >= 4 is 11.6 Å². The first-order valence-electron chi connectivity index (χ1n) is 9.56. The maximum atomic E-state index is 12.5. The molecule has 3 aromatic carbocycles. The summed E-state index contributed by atoms with van der Waals surface area (Å²) in [5.74, 6) is 1.18. The first kappa shape index (κ1) is 19.4. The van der Waals surface area contributed by atoms with Crippen molar-refractivity contribution in [3.63, 3.8) is 0 Å². The summed E-state index contributed by atoms with van der Waals surface area (Å²) in [5, 5.41) is 4.08. The molecule has 0 fully saturated rings. The van der Waals surface area contributed by atoms with Crippen LogP contribution in [0.25, 0.3) is 22.8 Å². The lowest BCUT2D eigenvalue weighted by Gasteiger charge is -2.18. The predicted octanol–water partition coefficient (Wildman–Crippen LogP) is 4.75. The second-order valence-corrected chi connectivity index (χ2v) is 6.86. The zero-order valence-corrected chi connectivity index (χ0v) is 16.8. The number of hydrogen-bond acceptors (Lipinski definition) is 5. The summed E-state index contributed by atoms with van der Waals surface area (Å²) in [5.41, 5.74) is 3.47. The minimum Gasteiger partial charge on any atom is -0.483 e. The molecule has 4 rings (SSSR count). The van der Waals surface area contributed by atoms with Crippen molar-refractivity contribution in [2.24, 2.45) is 0 Å². The Balaban J connectivity index is 1.51. The van der Waals surface area contributed by atoms with E-state index in [4.69, 9.17) is 9.26 Å². The average Bonchev–Trinajstić information content (AvgIpc) is 3.28. The topological polar surface area (TPSA) is 68.5 Å². The van der Waals surface area contributed by atoms with E-state index >= 15 is 0 Å². The van der Waals surface area contributed by atoms with Crippen molar-refractivity contribution in [1.82, 2.24) is 10.1 Å². The van der Waals surface area contributed by atoms with Gasteiger partial charge in [0.1, 0.15) is 5.75 Å². The molecule has 0 spiro atoms. The summed E-state index contributed by atoms with van der Waals surface area (Å²) in [6.45, 7) is 1.91. The zero-order chi connectivity index (χ0) is 20.9. The van der Waals surface area contributed by atoms with Crippen LogP contribution in [0.15, 0.2) is 83.4 Å². The molecule has 6 nitrogen and oxygen atoms in total. The van der Waals surface area contributed by atoms with Crippen molar-refractivity contribution in [3.05, 3.63) is 84.4 Å². The van der Waals surface area contributed by atoms with E-state index in [1.807, 2.05) is 79.7 Å². The lowest BCUT2D eigenvalue weighted by molar-refractivity contribution is -0.120. The monoisotopic (exact) mass is 399 g/mol. The van der Waals surface area contributed by atoms with Crippen molar-refractivity contribution in [2.75, 3.05) is 18.6 Å². The Labute approximate surface area is 174 Å². The molecule has 0 saturated heterocycles. The number of aryl methyl sites for hydroxylation is 1. The number of rotatable bonds is 6. The minimum absolute atomic E-state index is 0.110. The van der Waals surface area contributed by atoms with Gasteiger partial charge < -0.3 is 14.2 Å². The van der Waals surface area contributed by atoms with Gasteiger partial charge in [0.05, 0.1) is 5.56 Å². The van der Waals surface area contributed by atoms with E-state index in [2.05, 4.69) is 10.1 Å². The predicted molar refractivity (Wildman–Crippen MR) is 115 cm³/mol. The largest absolute Gasteiger partial charge is 0.483 e. The van der Waals surface area contributed by atoms with Crippen molar-refractivity contribution < 1.29 is 14.1 Å². The Hall–Kier alpha value is -3.93. The third-order valence-electron chi connectivity index (χ3n) is 4.72. The third-order valence-corrected chi connectivity index (χ3v) is 4.72. The van der Waals surface area contributed by atoms with Crippen LogP contribution in [0.5, 0.6) is 5.75 Å². The molecular weight excluding hydrogens is 378 g/mol. The fourth-order valence-corrected chi connectivity index (χ4v) is 2.95. The number of aromatic nitrogens is 2. The van der Waals surface area contributed by atoms with Gasteiger partial charge in [-0.3, -0.25) is 4.79 Å². The number of para-hydroxylation sites is 2. The molecule has 0 atom stereocenters. The van der Waals surface area contributed by atoms with Crippen LogP contribution < -0.4 is 9.64 Å². The summed E-state index contributed by atoms with van der Waals surface area (Å²) in [4.78, 5) is 18.6. The molecule has 30 heavy (non-hydrogen) atoms. The second kappa shape index (κ2) is 8.61. The van der Waals surface area contributed by atoms with Gasteiger partial charge in [0.15, 0.2) is 6.61 Å². The summed E-state index contributed by atoms with van der Waals surface area (Å²) < 4.78 is 11.3. The molecule has 150 valence electrons. The minimum atomic E-state index is -0.165. The molecule has 0 saturated carbocycles. The maximum Gasteiger partial charge on any atom is 0.264 e. The average molecular weight is 399 g/mol. The van der Waals surface area contributed by atoms with Crippen molar-refractivity contribution in [1.29, 1.82) is 0 Å². The highest BCUT2D eigenvalue weighted by atomic mass is 16.5. The summed E-state index contributed by atoms with van der Waals surface area (Å²) in [6, 6.07) is 24.6. The molecule has 1 amide bonds. The van der Waals surface area contributed by atoms with E-state index in [1.54, 1.807) is 18.0 Å². The second-order valence-electron chi connectivity index (χ2n) is 6.86. The lowest BCUT2D eigenvalue weighted by atomic mass is 10.1. The summed E-state index contributed by atoms with van der Waals surface area (Å²) in [6.07, 6.45) is 0. The maximum absolute atomic E-state index is 12.5. The molecule has 0 unspecified atom stereocenters. The van der Waals surface area contributed by atoms with Crippen LogP contribution in [0, 0.1) is 6.92 Å². The molecule has 0 aliphatic heterocycles. The molecule has 1 heterocycles. The van der Waals surface area contributed by atoms with Gasteiger partial charge >= 0.3 is 0 Å². The Morgan fingerprint density at radius 2 is 1.67 bits per heavy atom. The van der Waals surface area contributed by atoms with Crippen LogP contribution in [-0.2, 0) is 4.79 Å². The van der Waals surface area contributed by atoms with Crippen molar-refractivity contribution in [2.45, 2.75) is 6.92 Å². The molecule has 1 aromatic heterocycles.